The molecule has 0 radical (unpaired) electrons. The number of rotatable bonds is 3. The molecule has 0 unspecified atom stereocenters. The number of thiazole rings is 1. The van der Waals surface area contributed by atoms with Gasteiger partial charge in [0.1, 0.15) is 4.88 Å². The minimum Gasteiger partial charge on any atom is -0.477 e. The standard InChI is InChI=1S/C10H14N2O3S/c1-12(7-2-4-15-5-3-7)10-11-6-8(16-10)9(13)14/h6-7H,2-5H2,1H3,(H,13,14). The predicted octanol–water partition coefficient (Wildman–Crippen LogP) is 1.46. The quantitative estimate of drug-likeness (QED) is 0.869. The van der Waals surface area contributed by atoms with Crippen molar-refractivity contribution in [2.75, 3.05) is 25.2 Å². The summed E-state index contributed by atoms with van der Waals surface area (Å²) in [5, 5.41) is 9.59. The van der Waals surface area contributed by atoms with Crippen LogP contribution in [0.3, 0.4) is 0 Å². The highest BCUT2D eigenvalue weighted by atomic mass is 32.1. The maximum absolute atomic E-state index is 10.7. The molecule has 0 saturated carbocycles. The fourth-order valence-corrected chi connectivity index (χ4v) is 2.54. The number of carbonyl (C=O) groups is 1. The summed E-state index contributed by atoms with van der Waals surface area (Å²) < 4.78 is 5.29. The van der Waals surface area contributed by atoms with Gasteiger partial charge in [-0.15, -0.1) is 0 Å². The molecule has 1 aromatic heterocycles. The molecule has 1 aliphatic heterocycles. The van der Waals surface area contributed by atoms with Crippen molar-refractivity contribution in [2.45, 2.75) is 18.9 Å². The van der Waals surface area contributed by atoms with E-state index in [4.69, 9.17) is 9.84 Å². The smallest absolute Gasteiger partial charge is 0.347 e. The minimum absolute atomic E-state index is 0.286. The van der Waals surface area contributed by atoms with Crippen LogP contribution in [-0.4, -0.2) is 42.4 Å². The molecule has 1 aromatic rings. The zero-order chi connectivity index (χ0) is 11.5. The van der Waals surface area contributed by atoms with Gasteiger partial charge in [-0.2, -0.15) is 0 Å². The van der Waals surface area contributed by atoms with E-state index < -0.39 is 5.97 Å². The molecule has 2 heterocycles. The molecule has 1 N–H and O–H groups in total. The average Bonchev–Trinajstić information content (AvgIpc) is 2.78. The van der Waals surface area contributed by atoms with Crippen molar-refractivity contribution in [1.29, 1.82) is 0 Å². The maximum atomic E-state index is 10.7. The first-order valence-corrected chi connectivity index (χ1v) is 6.00. The molecular weight excluding hydrogens is 228 g/mol. The van der Waals surface area contributed by atoms with Gasteiger partial charge in [0.2, 0.25) is 0 Å². The van der Waals surface area contributed by atoms with E-state index in [2.05, 4.69) is 9.88 Å². The summed E-state index contributed by atoms with van der Waals surface area (Å²) in [6.45, 7) is 1.54. The van der Waals surface area contributed by atoms with Crippen LogP contribution in [0.25, 0.3) is 0 Å². The minimum atomic E-state index is -0.913. The second-order valence-corrected chi connectivity index (χ2v) is 4.78. The van der Waals surface area contributed by atoms with Crippen molar-refractivity contribution in [3.05, 3.63) is 11.1 Å². The third-order valence-corrected chi connectivity index (χ3v) is 3.82. The SMILES string of the molecule is CN(c1ncc(C(=O)O)s1)C1CCOCC1. The van der Waals surface area contributed by atoms with Gasteiger partial charge in [0, 0.05) is 26.3 Å². The molecule has 16 heavy (non-hydrogen) atoms. The summed E-state index contributed by atoms with van der Waals surface area (Å²) in [6.07, 6.45) is 3.36. The van der Waals surface area contributed by atoms with Crippen molar-refractivity contribution in [1.82, 2.24) is 4.98 Å². The fraction of sp³-hybridized carbons (Fsp3) is 0.600. The summed E-state index contributed by atoms with van der Waals surface area (Å²) in [7, 11) is 1.96. The molecule has 0 aromatic carbocycles. The number of carboxylic acids is 1. The largest absolute Gasteiger partial charge is 0.477 e. The molecule has 0 amide bonds. The lowest BCUT2D eigenvalue weighted by Gasteiger charge is -2.30. The van der Waals surface area contributed by atoms with Crippen molar-refractivity contribution in [2.24, 2.45) is 0 Å². The zero-order valence-electron chi connectivity index (χ0n) is 9.05. The number of nitrogens with zero attached hydrogens (tertiary/aromatic N) is 2. The van der Waals surface area contributed by atoms with E-state index in [1.165, 1.54) is 17.5 Å². The lowest BCUT2D eigenvalue weighted by atomic mass is 10.1. The Balaban J connectivity index is 2.07. The summed E-state index contributed by atoms with van der Waals surface area (Å²) in [6, 6.07) is 0.404. The van der Waals surface area contributed by atoms with Gasteiger partial charge in [-0.1, -0.05) is 11.3 Å². The first kappa shape index (κ1) is 11.3. The van der Waals surface area contributed by atoms with Crippen LogP contribution in [-0.2, 0) is 4.74 Å². The molecule has 1 fully saturated rings. The van der Waals surface area contributed by atoms with Gasteiger partial charge in [-0.25, -0.2) is 9.78 Å². The summed E-state index contributed by atoms with van der Waals surface area (Å²) in [4.78, 5) is 17.2. The van der Waals surface area contributed by atoms with Gasteiger partial charge in [-0.05, 0) is 12.8 Å². The van der Waals surface area contributed by atoms with Crippen LogP contribution in [0.5, 0.6) is 0 Å². The first-order chi connectivity index (χ1) is 7.68. The number of aromatic carboxylic acids is 1. The molecule has 6 heteroatoms. The van der Waals surface area contributed by atoms with Crippen molar-refractivity contribution < 1.29 is 14.6 Å². The van der Waals surface area contributed by atoms with E-state index in [-0.39, 0.29) is 4.88 Å². The predicted molar refractivity (Wildman–Crippen MR) is 61.3 cm³/mol. The van der Waals surface area contributed by atoms with Gasteiger partial charge in [0.05, 0.1) is 6.20 Å². The number of aromatic nitrogens is 1. The van der Waals surface area contributed by atoms with E-state index in [1.54, 1.807) is 0 Å². The third-order valence-electron chi connectivity index (χ3n) is 2.74. The Morgan fingerprint density at radius 3 is 2.88 bits per heavy atom. The molecule has 0 aliphatic carbocycles. The number of hydrogen-bond acceptors (Lipinski definition) is 5. The number of hydrogen-bond donors (Lipinski definition) is 1. The van der Waals surface area contributed by atoms with E-state index >= 15 is 0 Å². The first-order valence-electron chi connectivity index (χ1n) is 5.18. The van der Waals surface area contributed by atoms with Crippen LogP contribution in [0.1, 0.15) is 22.5 Å². The topological polar surface area (TPSA) is 62.7 Å². The second-order valence-electron chi connectivity index (χ2n) is 3.77. The summed E-state index contributed by atoms with van der Waals surface area (Å²) in [5.74, 6) is -0.913. The van der Waals surface area contributed by atoms with Gasteiger partial charge in [0.15, 0.2) is 5.13 Å². The zero-order valence-corrected chi connectivity index (χ0v) is 9.87. The van der Waals surface area contributed by atoms with Crippen LogP contribution in [0.4, 0.5) is 5.13 Å². The molecule has 1 saturated heterocycles. The Morgan fingerprint density at radius 1 is 1.62 bits per heavy atom. The molecule has 0 spiro atoms. The molecule has 5 nitrogen and oxygen atoms in total. The Hall–Kier alpha value is -1.14. The van der Waals surface area contributed by atoms with Crippen molar-refractivity contribution in [3.8, 4) is 0 Å². The molecular formula is C10H14N2O3S. The van der Waals surface area contributed by atoms with E-state index in [9.17, 15) is 4.79 Å². The number of ether oxygens (including phenoxy) is 1. The van der Waals surface area contributed by atoms with Crippen LogP contribution in [0.15, 0.2) is 6.20 Å². The highest BCUT2D eigenvalue weighted by Gasteiger charge is 2.21. The highest BCUT2D eigenvalue weighted by Crippen LogP contribution is 2.25. The van der Waals surface area contributed by atoms with Gasteiger partial charge in [-0.3, -0.25) is 0 Å². The van der Waals surface area contributed by atoms with Crippen LogP contribution < -0.4 is 4.90 Å². The fourth-order valence-electron chi connectivity index (χ4n) is 1.76. The molecule has 0 bridgehead atoms. The van der Waals surface area contributed by atoms with Gasteiger partial charge in [0.25, 0.3) is 0 Å². The average molecular weight is 242 g/mol. The maximum Gasteiger partial charge on any atom is 0.347 e. The lowest BCUT2D eigenvalue weighted by Crippen LogP contribution is -2.36. The molecule has 2 rings (SSSR count). The Kier molecular flexibility index (Phi) is 3.40. The summed E-state index contributed by atoms with van der Waals surface area (Å²) in [5.41, 5.74) is 0. The van der Waals surface area contributed by atoms with Crippen LogP contribution in [0, 0.1) is 0 Å². The van der Waals surface area contributed by atoms with Gasteiger partial charge < -0.3 is 14.7 Å². The van der Waals surface area contributed by atoms with E-state index in [1.807, 2.05) is 7.05 Å². The number of carboxylic acid groups (broad SMARTS) is 1. The number of anilines is 1. The molecule has 1 aliphatic rings. The van der Waals surface area contributed by atoms with Crippen LogP contribution >= 0.6 is 11.3 Å². The van der Waals surface area contributed by atoms with Crippen molar-refractivity contribution >= 4 is 22.4 Å². The van der Waals surface area contributed by atoms with Crippen molar-refractivity contribution in [3.63, 3.8) is 0 Å². The molecule has 88 valence electrons. The van der Waals surface area contributed by atoms with E-state index in [0.29, 0.717) is 6.04 Å². The van der Waals surface area contributed by atoms with Gasteiger partial charge >= 0.3 is 5.97 Å². The molecule has 0 atom stereocenters. The van der Waals surface area contributed by atoms with Crippen LogP contribution in [0.2, 0.25) is 0 Å². The lowest BCUT2D eigenvalue weighted by molar-refractivity contribution is 0.0702. The summed E-state index contributed by atoms with van der Waals surface area (Å²) >= 11 is 1.22. The third kappa shape index (κ3) is 2.33. The Labute approximate surface area is 97.7 Å². The Morgan fingerprint density at radius 2 is 2.31 bits per heavy atom. The highest BCUT2D eigenvalue weighted by molar-refractivity contribution is 7.17. The monoisotopic (exact) mass is 242 g/mol. The second kappa shape index (κ2) is 4.80. The Bertz CT molecular complexity index is 374. The normalized spacial score (nSPS) is 17.3. The van der Waals surface area contributed by atoms with E-state index in [0.717, 1.165) is 31.2 Å².